The minimum absolute atomic E-state index is 0.124. The summed E-state index contributed by atoms with van der Waals surface area (Å²) in [6.07, 6.45) is 3.66. The minimum atomic E-state index is -0.404. The predicted octanol–water partition coefficient (Wildman–Crippen LogP) is -0.162. The van der Waals surface area contributed by atoms with Crippen molar-refractivity contribution in [3.63, 3.8) is 0 Å². The first-order chi connectivity index (χ1) is 9.11. The Morgan fingerprint density at radius 3 is 2.95 bits per heavy atom. The van der Waals surface area contributed by atoms with Gasteiger partial charge in [0.25, 0.3) is 0 Å². The Balaban J connectivity index is 2.23. The molecule has 0 aliphatic rings. The van der Waals surface area contributed by atoms with Crippen molar-refractivity contribution in [2.45, 2.75) is 12.1 Å². The molecule has 0 saturated carbocycles. The first-order valence-electron chi connectivity index (χ1n) is 6.00. The van der Waals surface area contributed by atoms with E-state index in [1.807, 2.05) is 25.9 Å². The zero-order chi connectivity index (χ0) is 13.8. The summed E-state index contributed by atoms with van der Waals surface area (Å²) in [7, 11) is 3.88. The fourth-order valence-corrected chi connectivity index (χ4v) is 3.92. The molecule has 102 valence electrons. The van der Waals surface area contributed by atoms with Crippen LogP contribution in [-0.2, 0) is 0 Å². The van der Waals surface area contributed by atoms with Gasteiger partial charge in [-0.05, 0) is 0 Å². The van der Waals surface area contributed by atoms with Crippen molar-refractivity contribution in [2.75, 3.05) is 25.6 Å². The van der Waals surface area contributed by atoms with E-state index in [-0.39, 0.29) is 6.61 Å². The number of aromatic amines is 1. The van der Waals surface area contributed by atoms with E-state index in [2.05, 4.69) is 26.0 Å². The van der Waals surface area contributed by atoms with Gasteiger partial charge in [0.15, 0.2) is 0 Å². The Hall–Kier alpha value is -1.39. The molecule has 0 fully saturated rings. The van der Waals surface area contributed by atoms with Crippen molar-refractivity contribution >= 4 is 37.3 Å². The number of allylic oxidation sites excluding steroid dienone is 1. The monoisotopic (exact) mass is 323 g/mol. The van der Waals surface area contributed by atoms with Crippen LogP contribution in [0.3, 0.4) is 0 Å². The van der Waals surface area contributed by atoms with Gasteiger partial charge in [-0.25, -0.2) is 0 Å². The fraction of sp³-hybridized carbons (Fsp3) is 0.417. The summed E-state index contributed by atoms with van der Waals surface area (Å²) >= 11 is -0.404. The molecule has 2 aromatic rings. The topological polar surface area (TPSA) is 77.9 Å². The van der Waals surface area contributed by atoms with E-state index in [0.29, 0.717) is 0 Å². The van der Waals surface area contributed by atoms with Gasteiger partial charge in [-0.1, -0.05) is 0 Å². The van der Waals surface area contributed by atoms with Gasteiger partial charge >= 0.3 is 118 Å². The van der Waals surface area contributed by atoms with Gasteiger partial charge in [-0.15, -0.1) is 0 Å². The summed E-state index contributed by atoms with van der Waals surface area (Å²) in [5.74, 6) is 0.797. The second-order valence-electron chi connectivity index (χ2n) is 4.46. The van der Waals surface area contributed by atoms with E-state index in [0.717, 1.165) is 32.4 Å². The van der Waals surface area contributed by atoms with E-state index in [1.165, 1.54) is 0 Å². The molecule has 2 aromatic heterocycles. The van der Waals surface area contributed by atoms with E-state index >= 15 is 0 Å². The zero-order valence-electron chi connectivity index (χ0n) is 11.3. The van der Waals surface area contributed by atoms with Crippen LogP contribution in [0.2, 0.25) is 5.21 Å². The first kappa shape index (κ1) is 14.0. The Bertz CT molecular complexity index is 593. The summed E-state index contributed by atoms with van der Waals surface area (Å²) < 4.78 is 1.05. The number of H-pyrrole nitrogens is 1. The third-order valence-electron chi connectivity index (χ3n) is 2.66. The van der Waals surface area contributed by atoms with Crippen LogP contribution >= 0.6 is 0 Å². The van der Waals surface area contributed by atoms with Crippen molar-refractivity contribution in [1.29, 1.82) is 0 Å². The Morgan fingerprint density at radius 2 is 2.26 bits per heavy atom. The average Bonchev–Trinajstić information content (AvgIpc) is 2.83. The molecule has 7 heteroatoms. The number of fused-ring (bicyclic) bond motifs is 1. The van der Waals surface area contributed by atoms with Crippen LogP contribution in [0.1, 0.15) is 6.92 Å². The molecule has 0 saturated heterocycles. The SMILES string of the molecule is C/C(=C\C[AsH]c1ncnc2[nH]c(N(C)C)nc12)CO. The number of hydrogen-bond acceptors (Lipinski definition) is 5. The van der Waals surface area contributed by atoms with E-state index in [9.17, 15) is 0 Å². The molecule has 0 bridgehead atoms. The second-order valence-corrected chi connectivity index (χ2v) is 7.06. The fourth-order valence-electron chi connectivity index (χ4n) is 1.54. The number of rotatable bonds is 5. The Morgan fingerprint density at radius 1 is 1.47 bits per heavy atom. The van der Waals surface area contributed by atoms with Crippen molar-refractivity contribution < 1.29 is 5.11 Å². The van der Waals surface area contributed by atoms with E-state index in [4.69, 9.17) is 5.11 Å². The van der Waals surface area contributed by atoms with Gasteiger partial charge in [0.05, 0.1) is 0 Å². The number of aliphatic hydroxyl groups excluding tert-OH is 1. The summed E-state index contributed by atoms with van der Waals surface area (Å²) in [6.45, 7) is 2.05. The van der Waals surface area contributed by atoms with Crippen LogP contribution in [0.5, 0.6) is 0 Å². The summed E-state index contributed by atoms with van der Waals surface area (Å²) in [5, 5.41) is 9.93. The molecule has 0 amide bonds. The number of nitrogens with one attached hydrogen (secondary N) is 1. The molecule has 0 aromatic carbocycles. The molecular weight excluding hydrogens is 305 g/mol. The molecular formula is C12H18AsN5O. The summed E-state index contributed by atoms with van der Waals surface area (Å²) in [6, 6.07) is 0. The molecule has 1 atom stereocenters. The number of hydrogen-bond donors (Lipinski definition) is 2. The standard InChI is InChI=1S/C12H18AsN5O/c1-8(6-19)4-5-13-10-9-11(15-7-14-10)17-12(16-9)18(2)3/h4,7,13,19H,5-6H2,1-3H3,(H,14,15,16,17)/b8-4+. The van der Waals surface area contributed by atoms with Gasteiger partial charge in [-0.2, -0.15) is 0 Å². The number of anilines is 1. The van der Waals surface area contributed by atoms with Crippen molar-refractivity contribution in [2.24, 2.45) is 0 Å². The van der Waals surface area contributed by atoms with Crippen LogP contribution in [0.25, 0.3) is 11.2 Å². The second kappa shape index (κ2) is 6.17. The Kier molecular flexibility index (Phi) is 4.55. The Labute approximate surface area is 118 Å². The third-order valence-corrected chi connectivity index (χ3v) is 4.99. The molecule has 19 heavy (non-hydrogen) atoms. The molecule has 6 nitrogen and oxygen atoms in total. The van der Waals surface area contributed by atoms with E-state index in [1.54, 1.807) is 6.33 Å². The van der Waals surface area contributed by atoms with E-state index < -0.39 is 15.8 Å². The van der Waals surface area contributed by atoms with Gasteiger partial charge < -0.3 is 0 Å². The molecule has 0 aliphatic heterocycles. The maximum absolute atomic E-state index is 8.97. The normalized spacial score (nSPS) is 12.7. The van der Waals surface area contributed by atoms with Crippen molar-refractivity contribution in [3.05, 3.63) is 18.0 Å². The molecule has 2 heterocycles. The maximum atomic E-state index is 8.97. The number of imidazole rings is 1. The molecule has 0 radical (unpaired) electrons. The molecule has 0 aliphatic carbocycles. The third kappa shape index (κ3) is 3.33. The number of aromatic nitrogens is 4. The average molecular weight is 323 g/mol. The molecule has 2 N–H and O–H groups in total. The summed E-state index contributed by atoms with van der Waals surface area (Å²) in [5.41, 5.74) is 2.67. The van der Waals surface area contributed by atoms with Crippen molar-refractivity contribution in [3.8, 4) is 0 Å². The van der Waals surface area contributed by atoms with Gasteiger partial charge in [0, 0.05) is 0 Å². The van der Waals surface area contributed by atoms with Gasteiger partial charge in [0.2, 0.25) is 0 Å². The predicted molar refractivity (Wildman–Crippen MR) is 78.4 cm³/mol. The zero-order valence-corrected chi connectivity index (χ0v) is 13.4. The molecule has 2 rings (SSSR count). The van der Waals surface area contributed by atoms with Crippen LogP contribution in [0.15, 0.2) is 18.0 Å². The quantitative estimate of drug-likeness (QED) is 0.590. The number of aliphatic hydroxyl groups is 1. The van der Waals surface area contributed by atoms with Gasteiger partial charge in [-0.3, -0.25) is 0 Å². The van der Waals surface area contributed by atoms with Crippen LogP contribution in [0, 0.1) is 0 Å². The van der Waals surface area contributed by atoms with Crippen LogP contribution in [0.4, 0.5) is 5.95 Å². The summed E-state index contributed by atoms with van der Waals surface area (Å²) in [4.78, 5) is 18.2. The molecule has 0 spiro atoms. The van der Waals surface area contributed by atoms with Crippen molar-refractivity contribution in [1.82, 2.24) is 19.9 Å². The first-order valence-corrected chi connectivity index (χ1v) is 8.53. The number of nitrogens with zero attached hydrogens (tertiary/aromatic N) is 4. The van der Waals surface area contributed by atoms with Crippen LogP contribution in [-0.4, -0.2) is 61.5 Å². The van der Waals surface area contributed by atoms with Gasteiger partial charge in [0.1, 0.15) is 0 Å². The van der Waals surface area contributed by atoms with Crippen LogP contribution < -0.4 is 9.38 Å². The molecule has 1 unspecified atom stereocenters.